The van der Waals surface area contributed by atoms with Crippen LogP contribution >= 0.6 is 39.0 Å². The van der Waals surface area contributed by atoms with Gasteiger partial charge in [-0.15, -0.1) is 23.1 Å². The number of carbonyl (C=O) groups excluding carboxylic acids is 1. The molecule has 1 heterocycles. The van der Waals surface area contributed by atoms with Crippen molar-refractivity contribution in [2.75, 3.05) is 5.32 Å². The monoisotopic (exact) mass is 460 g/mol. The molecule has 1 N–H and O–H groups in total. The molecular weight excluding hydrogens is 440 g/mol. The molecule has 0 saturated heterocycles. The largest absolute Gasteiger partial charge is 0.325 e. The molecule has 2 aromatic carbocycles. The first-order valence-electron chi connectivity index (χ1n) is 8.63. The SMILES string of the molecule is Cc1cccc(C)c1NC(=O)[C@H](C)SCc1csc(-c2cccc(Br)c2)n1. The second-order valence-electron chi connectivity index (χ2n) is 6.36. The highest BCUT2D eigenvalue weighted by molar-refractivity contribution is 9.10. The van der Waals surface area contributed by atoms with Crippen molar-refractivity contribution in [3.8, 4) is 10.6 Å². The molecule has 6 heteroatoms. The first kappa shape index (κ1) is 20.1. The van der Waals surface area contributed by atoms with Crippen molar-refractivity contribution in [1.29, 1.82) is 0 Å². The fraction of sp³-hybridized carbons (Fsp3) is 0.238. The zero-order valence-electron chi connectivity index (χ0n) is 15.5. The molecule has 1 amide bonds. The number of hydrogen-bond acceptors (Lipinski definition) is 4. The van der Waals surface area contributed by atoms with Crippen LogP contribution in [0.25, 0.3) is 10.6 Å². The molecule has 3 nitrogen and oxygen atoms in total. The van der Waals surface area contributed by atoms with Gasteiger partial charge in [0.05, 0.1) is 10.9 Å². The minimum atomic E-state index is -0.153. The number of aromatic nitrogens is 1. The van der Waals surface area contributed by atoms with Crippen molar-refractivity contribution in [2.45, 2.75) is 31.8 Å². The Morgan fingerprint density at radius 1 is 1.22 bits per heavy atom. The third kappa shape index (κ3) is 5.21. The summed E-state index contributed by atoms with van der Waals surface area (Å²) in [6.07, 6.45) is 0. The maximum absolute atomic E-state index is 12.5. The third-order valence-corrected chi connectivity index (χ3v) is 6.81. The van der Waals surface area contributed by atoms with Gasteiger partial charge in [0.15, 0.2) is 0 Å². The van der Waals surface area contributed by atoms with E-state index in [-0.39, 0.29) is 11.2 Å². The first-order chi connectivity index (χ1) is 12.9. The van der Waals surface area contributed by atoms with Crippen LogP contribution in [0.1, 0.15) is 23.7 Å². The van der Waals surface area contributed by atoms with Crippen molar-refractivity contribution in [2.24, 2.45) is 0 Å². The highest BCUT2D eigenvalue weighted by atomic mass is 79.9. The average Bonchev–Trinajstić information content (AvgIpc) is 3.12. The molecule has 3 rings (SSSR count). The number of benzene rings is 2. The number of thioether (sulfide) groups is 1. The predicted octanol–water partition coefficient (Wildman–Crippen LogP) is 6.45. The maximum Gasteiger partial charge on any atom is 0.237 e. The topological polar surface area (TPSA) is 42.0 Å². The number of rotatable bonds is 6. The van der Waals surface area contributed by atoms with E-state index in [0.717, 1.165) is 37.6 Å². The zero-order chi connectivity index (χ0) is 19.4. The van der Waals surface area contributed by atoms with Gasteiger partial charge in [0.1, 0.15) is 5.01 Å². The van der Waals surface area contributed by atoms with E-state index in [2.05, 4.69) is 38.8 Å². The van der Waals surface area contributed by atoms with E-state index < -0.39 is 0 Å². The van der Waals surface area contributed by atoms with Crippen LogP contribution in [0.5, 0.6) is 0 Å². The van der Waals surface area contributed by atoms with E-state index in [1.807, 2.05) is 51.1 Å². The number of aryl methyl sites for hydroxylation is 2. The molecule has 0 unspecified atom stereocenters. The lowest BCUT2D eigenvalue weighted by molar-refractivity contribution is -0.115. The molecule has 1 atom stereocenters. The lowest BCUT2D eigenvalue weighted by Crippen LogP contribution is -2.23. The van der Waals surface area contributed by atoms with Gasteiger partial charge in [-0.2, -0.15) is 0 Å². The molecule has 0 aliphatic rings. The van der Waals surface area contributed by atoms with Crippen LogP contribution in [-0.4, -0.2) is 16.1 Å². The number of anilines is 1. The Balaban J connectivity index is 1.59. The molecule has 3 aromatic rings. The molecule has 140 valence electrons. The molecule has 0 aliphatic carbocycles. The molecule has 0 bridgehead atoms. The Bertz CT molecular complexity index is 935. The van der Waals surface area contributed by atoms with Gasteiger partial charge >= 0.3 is 0 Å². The quantitative estimate of drug-likeness (QED) is 0.459. The van der Waals surface area contributed by atoms with Crippen molar-refractivity contribution in [1.82, 2.24) is 4.98 Å². The van der Waals surface area contributed by atoms with Gasteiger partial charge in [0.25, 0.3) is 0 Å². The molecular formula is C21H21BrN2OS2. The lowest BCUT2D eigenvalue weighted by Gasteiger charge is -2.15. The normalized spacial score (nSPS) is 12.0. The van der Waals surface area contributed by atoms with E-state index in [4.69, 9.17) is 4.98 Å². The van der Waals surface area contributed by atoms with Crippen LogP contribution in [0.15, 0.2) is 52.3 Å². The third-order valence-electron chi connectivity index (χ3n) is 4.20. The minimum absolute atomic E-state index is 0.0276. The molecule has 0 fully saturated rings. The fourth-order valence-corrected chi connectivity index (χ4v) is 4.75. The van der Waals surface area contributed by atoms with Crippen LogP contribution < -0.4 is 5.32 Å². The van der Waals surface area contributed by atoms with Crippen molar-refractivity contribution in [3.63, 3.8) is 0 Å². The Labute approximate surface area is 176 Å². The predicted molar refractivity (Wildman–Crippen MR) is 121 cm³/mol. The molecule has 0 saturated carbocycles. The fourth-order valence-electron chi connectivity index (χ4n) is 2.65. The molecule has 1 aromatic heterocycles. The Hall–Kier alpha value is -1.63. The Morgan fingerprint density at radius 2 is 1.93 bits per heavy atom. The molecule has 0 spiro atoms. The summed E-state index contributed by atoms with van der Waals surface area (Å²) in [5.41, 5.74) is 5.19. The number of halogens is 1. The first-order valence-corrected chi connectivity index (χ1v) is 11.3. The number of nitrogens with zero attached hydrogens (tertiary/aromatic N) is 1. The second-order valence-corrected chi connectivity index (χ2v) is 9.47. The minimum Gasteiger partial charge on any atom is -0.325 e. The van der Waals surface area contributed by atoms with Crippen molar-refractivity contribution >= 4 is 50.6 Å². The Kier molecular flexibility index (Phi) is 6.73. The number of thiazole rings is 1. The number of nitrogens with one attached hydrogen (secondary N) is 1. The smallest absolute Gasteiger partial charge is 0.237 e. The number of carbonyl (C=O) groups is 1. The van der Waals surface area contributed by atoms with Crippen LogP contribution in [0, 0.1) is 13.8 Å². The summed E-state index contributed by atoms with van der Waals surface area (Å²) in [6, 6.07) is 14.2. The van der Waals surface area contributed by atoms with Crippen molar-refractivity contribution in [3.05, 3.63) is 69.1 Å². The van der Waals surface area contributed by atoms with Gasteiger partial charge in [-0.3, -0.25) is 4.79 Å². The summed E-state index contributed by atoms with van der Waals surface area (Å²) < 4.78 is 1.04. The second kappa shape index (κ2) is 9.04. The Morgan fingerprint density at radius 3 is 2.63 bits per heavy atom. The highest BCUT2D eigenvalue weighted by Gasteiger charge is 2.16. The maximum atomic E-state index is 12.5. The summed E-state index contributed by atoms with van der Waals surface area (Å²) in [5, 5.41) is 5.98. The number of amides is 1. The van der Waals surface area contributed by atoms with Gasteiger partial charge < -0.3 is 5.32 Å². The van der Waals surface area contributed by atoms with E-state index in [1.54, 1.807) is 23.1 Å². The summed E-state index contributed by atoms with van der Waals surface area (Å²) in [7, 11) is 0. The highest BCUT2D eigenvalue weighted by Crippen LogP contribution is 2.28. The van der Waals surface area contributed by atoms with E-state index in [9.17, 15) is 4.79 Å². The van der Waals surface area contributed by atoms with Gasteiger partial charge in [-0.05, 0) is 44.0 Å². The average molecular weight is 461 g/mol. The zero-order valence-corrected chi connectivity index (χ0v) is 18.7. The van der Waals surface area contributed by atoms with E-state index in [0.29, 0.717) is 5.75 Å². The van der Waals surface area contributed by atoms with Crippen molar-refractivity contribution < 1.29 is 4.79 Å². The summed E-state index contributed by atoms with van der Waals surface area (Å²) >= 11 is 6.73. The van der Waals surface area contributed by atoms with Crippen LogP contribution in [0.3, 0.4) is 0 Å². The molecule has 0 aliphatic heterocycles. The van der Waals surface area contributed by atoms with Gasteiger partial charge in [-0.1, -0.05) is 46.3 Å². The van der Waals surface area contributed by atoms with Crippen LogP contribution in [0.4, 0.5) is 5.69 Å². The standard InChI is InChI=1S/C21H21BrN2OS2/c1-13-6-4-7-14(2)19(13)24-20(25)15(3)26-11-18-12-27-21(23-18)16-8-5-9-17(22)10-16/h4-10,12,15H,11H2,1-3H3,(H,24,25)/t15-/m0/s1. The summed E-state index contributed by atoms with van der Waals surface area (Å²) in [4.78, 5) is 17.3. The van der Waals surface area contributed by atoms with Gasteiger partial charge in [-0.25, -0.2) is 4.98 Å². The van der Waals surface area contributed by atoms with Crippen LogP contribution in [-0.2, 0) is 10.5 Å². The van der Waals surface area contributed by atoms with E-state index in [1.165, 1.54) is 0 Å². The number of hydrogen-bond donors (Lipinski definition) is 1. The summed E-state index contributed by atoms with van der Waals surface area (Å²) in [6.45, 7) is 5.97. The molecule has 27 heavy (non-hydrogen) atoms. The summed E-state index contributed by atoms with van der Waals surface area (Å²) in [5.74, 6) is 0.742. The van der Waals surface area contributed by atoms with Crippen LogP contribution in [0.2, 0.25) is 0 Å². The van der Waals surface area contributed by atoms with Gasteiger partial charge in [0, 0.05) is 26.9 Å². The van der Waals surface area contributed by atoms with E-state index >= 15 is 0 Å². The lowest BCUT2D eigenvalue weighted by atomic mass is 10.1. The molecule has 0 radical (unpaired) electrons. The number of para-hydroxylation sites is 1. The van der Waals surface area contributed by atoms with Gasteiger partial charge in [0.2, 0.25) is 5.91 Å².